The van der Waals surface area contributed by atoms with Crippen molar-refractivity contribution in [3.63, 3.8) is 0 Å². The zero-order valence-corrected chi connectivity index (χ0v) is 19.7. The maximum Gasteiger partial charge on any atom is 0.244 e. The Balaban J connectivity index is 0.00000480. The summed E-state index contributed by atoms with van der Waals surface area (Å²) in [7, 11) is 1.62. The highest BCUT2D eigenvalue weighted by molar-refractivity contribution is 5.92. The number of hydrogen-bond donors (Lipinski definition) is 1. The highest BCUT2D eigenvalue weighted by atomic mass is 35.5. The summed E-state index contributed by atoms with van der Waals surface area (Å²) < 4.78 is 11.4. The van der Waals surface area contributed by atoms with E-state index in [1.807, 2.05) is 36.4 Å². The summed E-state index contributed by atoms with van der Waals surface area (Å²) in [5.41, 5.74) is 0.895. The van der Waals surface area contributed by atoms with Crippen molar-refractivity contribution in [2.75, 3.05) is 33.4 Å². The smallest absolute Gasteiger partial charge is 0.244 e. The molecule has 1 aliphatic carbocycles. The van der Waals surface area contributed by atoms with Gasteiger partial charge in [-0.05, 0) is 55.4 Å². The van der Waals surface area contributed by atoms with Crippen molar-refractivity contribution in [2.24, 2.45) is 5.92 Å². The Morgan fingerprint density at radius 1 is 1.16 bits per heavy atom. The van der Waals surface area contributed by atoms with Gasteiger partial charge in [0.15, 0.2) is 11.5 Å². The second kappa shape index (κ2) is 14.7. The molecule has 0 saturated heterocycles. The lowest BCUT2D eigenvalue weighted by Gasteiger charge is -2.26. The molecule has 1 aliphatic rings. The van der Waals surface area contributed by atoms with Crippen LogP contribution < -0.4 is 14.8 Å². The van der Waals surface area contributed by atoms with Gasteiger partial charge in [-0.15, -0.1) is 25.6 Å². The van der Waals surface area contributed by atoms with Crippen LogP contribution in [0.15, 0.2) is 49.6 Å². The minimum absolute atomic E-state index is 0. The van der Waals surface area contributed by atoms with Crippen LogP contribution in [0.4, 0.5) is 0 Å². The van der Waals surface area contributed by atoms with Gasteiger partial charge in [-0.2, -0.15) is 0 Å². The van der Waals surface area contributed by atoms with Gasteiger partial charge in [0.05, 0.1) is 7.11 Å². The Morgan fingerprint density at radius 2 is 1.84 bits per heavy atom. The van der Waals surface area contributed by atoms with Crippen LogP contribution in [0.2, 0.25) is 0 Å². The summed E-state index contributed by atoms with van der Waals surface area (Å²) in [5, 5.41) is 3.11. The fraction of sp³-hybridized carbons (Fsp3) is 0.480. The first kappa shape index (κ1) is 26.8. The molecular weight excluding hydrogens is 412 g/mol. The minimum Gasteiger partial charge on any atom is -0.493 e. The molecule has 6 heteroatoms. The molecule has 0 atom stereocenters. The molecule has 1 aromatic carbocycles. The van der Waals surface area contributed by atoms with E-state index >= 15 is 0 Å². The molecule has 0 heterocycles. The van der Waals surface area contributed by atoms with Gasteiger partial charge >= 0.3 is 0 Å². The second-order valence-corrected chi connectivity index (χ2v) is 7.89. The zero-order chi connectivity index (χ0) is 21.8. The molecule has 0 radical (unpaired) electrons. The molecule has 1 aromatic rings. The fourth-order valence-corrected chi connectivity index (χ4v) is 3.64. The van der Waals surface area contributed by atoms with Crippen LogP contribution >= 0.6 is 12.4 Å². The number of nitrogens with one attached hydrogen (secondary N) is 1. The van der Waals surface area contributed by atoms with E-state index in [9.17, 15) is 4.79 Å². The quantitative estimate of drug-likeness (QED) is 0.366. The monoisotopic (exact) mass is 448 g/mol. The molecule has 2 rings (SSSR count). The third kappa shape index (κ3) is 9.62. The van der Waals surface area contributed by atoms with E-state index in [4.69, 9.17) is 9.47 Å². The van der Waals surface area contributed by atoms with E-state index in [0.29, 0.717) is 24.1 Å². The molecule has 0 aliphatic heterocycles. The van der Waals surface area contributed by atoms with Crippen LogP contribution in [-0.4, -0.2) is 50.2 Å². The van der Waals surface area contributed by atoms with Crippen LogP contribution in [0.25, 0.3) is 6.08 Å². The summed E-state index contributed by atoms with van der Waals surface area (Å²) in [6, 6.07) is 5.98. The number of ether oxygens (including phenoxy) is 2. The Hall–Kier alpha value is -2.24. The second-order valence-electron chi connectivity index (χ2n) is 7.89. The third-order valence-electron chi connectivity index (χ3n) is 5.42. The first-order valence-electron chi connectivity index (χ1n) is 10.8. The number of halogens is 1. The number of amides is 1. The van der Waals surface area contributed by atoms with E-state index in [0.717, 1.165) is 44.0 Å². The van der Waals surface area contributed by atoms with Crippen LogP contribution in [0.3, 0.4) is 0 Å². The molecule has 172 valence electrons. The fourth-order valence-electron chi connectivity index (χ4n) is 3.64. The maximum atomic E-state index is 12.2. The molecule has 0 aromatic heterocycles. The lowest BCUT2D eigenvalue weighted by Crippen LogP contribution is -2.36. The molecule has 1 amide bonds. The van der Waals surface area contributed by atoms with E-state index in [1.54, 1.807) is 13.2 Å². The van der Waals surface area contributed by atoms with Crippen molar-refractivity contribution in [1.82, 2.24) is 10.2 Å². The van der Waals surface area contributed by atoms with E-state index in [1.165, 1.54) is 12.8 Å². The molecule has 31 heavy (non-hydrogen) atoms. The minimum atomic E-state index is -0.0432. The number of nitrogens with zero attached hydrogens (tertiary/aromatic N) is 1. The van der Waals surface area contributed by atoms with Gasteiger partial charge in [0, 0.05) is 31.8 Å². The van der Waals surface area contributed by atoms with Gasteiger partial charge in [-0.3, -0.25) is 9.69 Å². The number of carbonyl (C=O) groups excluding carboxylic acids is 1. The van der Waals surface area contributed by atoms with Crippen molar-refractivity contribution in [2.45, 2.75) is 38.6 Å². The van der Waals surface area contributed by atoms with E-state index in [-0.39, 0.29) is 18.3 Å². The molecule has 0 spiro atoms. The normalized spacial score (nSPS) is 18.3. The van der Waals surface area contributed by atoms with Gasteiger partial charge < -0.3 is 14.8 Å². The lowest BCUT2D eigenvalue weighted by atomic mass is 9.87. The van der Waals surface area contributed by atoms with Gasteiger partial charge in [-0.1, -0.05) is 25.1 Å². The number of carbonyl (C=O) groups is 1. The van der Waals surface area contributed by atoms with E-state index < -0.39 is 0 Å². The number of methoxy groups -OCH3 is 1. The molecule has 1 N–H and O–H groups in total. The summed E-state index contributed by atoms with van der Waals surface area (Å²) >= 11 is 0. The summed E-state index contributed by atoms with van der Waals surface area (Å²) in [6.45, 7) is 12.7. The summed E-state index contributed by atoms with van der Waals surface area (Å²) in [4.78, 5) is 14.4. The highest BCUT2D eigenvalue weighted by Gasteiger charge is 2.18. The average Bonchev–Trinajstić information content (AvgIpc) is 2.74. The summed E-state index contributed by atoms with van der Waals surface area (Å²) in [5.74, 6) is 2.07. The number of hydrogen-bond acceptors (Lipinski definition) is 4. The topological polar surface area (TPSA) is 50.8 Å². The zero-order valence-electron chi connectivity index (χ0n) is 18.8. The van der Waals surface area contributed by atoms with Crippen LogP contribution in [0.1, 0.15) is 38.2 Å². The van der Waals surface area contributed by atoms with Crippen molar-refractivity contribution in [1.29, 1.82) is 0 Å². The summed E-state index contributed by atoms with van der Waals surface area (Å²) in [6.07, 6.45) is 11.7. The van der Waals surface area contributed by atoms with Crippen molar-refractivity contribution >= 4 is 24.4 Å². The molecule has 1 saturated carbocycles. The largest absolute Gasteiger partial charge is 0.493 e. The SMILES string of the molecule is C=CCN(CC=C)CCOc1ccc(C=CC(=O)NC2CCC(C)CC2)cc1OC.Cl. The first-order valence-corrected chi connectivity index (χ1v) is 10.8. The van der Waals surface area contributed by atoms with Crippen molar-refractivity contribution in [3.05, 3.63) is 55.1 Å². The molecule has 0 unspecified atom stereocenters. The van der Waals surface area contributed by atoms with Crippen LogP contribution in [0.5, 0.6) is 11.5 Å². The predicted molar refractivity (Wildman–Crippen MR) is 131 cm³/mol. The Kier molecular flexibility index (Phi) is 12.7. The lowest BCUT2D eigenvalue weighted by molar-refractivity contribution is -0.117. The highest BCUT2D eigenvalue weighted by Crippen LogP contribution is 2.28. The maximum absolute atomic E-state index is 12.2. The van der Waals surface area contributed by atoms with Gasteiger partial charge in [0.25, 0.3) is 0 Å². The third-order valence-corrected chi connectivity index (χ3v) is 5.42. The van der Waals surface area contributed by atoms with Gasteiger partial charge in [-0.25, -0.2) is 0 Å². The Bertz CT molecular complexity index is 717. The van der Waals surface area contributed by atoms with E-state index in [2.05, 4.69) is 30.3 Å². The molecule has 1 fully saturated rings. The Morgan fingerprint density at radius 3 is 2.45 bits per heavy atom. The number of benzene rings is 1. The standard InChI is InChI=1S/C25H36N2O3.ClH/c1-5-15-27(16-6-2)17-18-30-23-13-9-21(19-24(23)29-4)10-14-25(28)26-22-11-7-20(3)8-12-22;/h5-6,9-10,13-14,19-20,22H,1-2,7-8,11-12,15-18H2,3-4H3,(H,26,28);1H. The number of rotatable bonds is 12. The average molecular weight is 449 g/mol. The molecular formula is C25H37ClN2O3. The first-order chi connectivity index (χ1) is 14.5. The van der Waals surface area contributed by atoms with Crippen LogP contribution in [-0.2, 0) is 4.79 Å². The molecule has 0 bridgehead atoms. The predicted octanol–water partition coefficient (Wildman–Crippen LogP) is 4.88. The van der Waals surface area contributed by atoms with Gasteiger partial charge in [0.1, 0.15) is 6.61 Å². The molecule has 5 nitrogen and oxygen atoms in total. The Labute approximate surface area is 193 Å². The van der Waals surface area contributed by atoms with Crippen LogP contribution in [0, 0.1) is 5.92 Å². The van der Waals surface area contributed by atoms with Crippen molar-refractivity contribution < 1.29 is 14.3 Å². The van der Waals surface area contributed by atoms with Crippen molar-refractivity contribution in [3.8, 4) is 11.5 Å². The van der Waals surface area contributed by atoms with Gasteiger partial charge in [0.2, 0.25) is 5.91 Å².